The number of fused-ring (bicyclic) bond motifs is 1. The van der Waals surface area contributed by atoms with Gasteiger partial charge in [0.1, 0.15) is 11.0 Å². The lowest BCUT2D eigenvalue weighted by atomic mass is 10.2. The molecule has 1 saturated carbocycles. The van der Waals surface area contributed by atoms with E-state index >= 15 is 0 Å². The Morgan fingerprint density at radius 2 is 2.08 bits per heavy atom. The maximum absolute atomic E-state index is 12.8. The number of benzene rings is 1. The van der Waals surface area contributed by atoms with Crippen molar-refractivity contribution in [2.45, 2.75) is 63.1 Å². The number of para-hydroxylation sites is 1. The van der Waals surface area contributed by atoms with E-state index in [4.69, 9.17) is 4.74 Å². The lowest BCUT2D eigenvalue weighted by molar-refractivity contribution is -0.134. The van der Waals surface area contributed by atoms with Crippen LogP contribution in [0.5, 0.6) is 0 Å². The topological polar surface area (TPSA) is 85.4 Å². The Morgan fingerprint density at radius 3 is 2.77 bits per heavy atom. The number of carbonyl (C=O) groups excluding carboxylic acids is 1. The second-order valence-corrected chi connectivity index (χ2v) is 8.40. The van der Waals surface area contributed by atoms with Crippen LogP contribution in [0.15, 0.2) is 35.4 Å². The largest absolute Gasteiger partial charge is 0.365 e. The van der Waals surface area contributed by atoms with Gasteiger partial charge in [0, 0.05) is 11.6 Å². The van der Waals surface area contributed by atoms with Crippen molar-refractivity contribution in [1.82, 2.24) is 9.71 Å². The van der Waals surface area contributed by atoms with Crippen LogP contribution in [-0.4, -0.2) is 31.5 Å². The van der Waals surface area contributed by atoms with E-state index in [0.717, 1.165) is 36.6 Å². The average Bonchev–Trinajstić information content (AvgIpc) is 3.11. The first-order chi connectivity index (χ1) is 12.4. The average molecular weight is 376 g/mol. The molecule has 6 nitrogen and oxygen atoms in total. The summed E-state index contributed by atoms with van der Waals surface area (Å²) in [5.74, 6) is -0.622. The van der Waals surface area contributed by atoms with Gasteiger partial charge in [-0.05, 0) is 43.9 Å². The molecule has 1 aromatic heterocycles. The van der Waals surface area contributed by atoms with Gasteiger partial charge in [0.15, 0.2) is 0 Å². The molecule has 0 radical (unpaired) electrons. The Kier molecular flexibility index (Phi) is 5.58. The predicted molar refractivity (Wildman–Crippen MR) is 99.2 cm³/mol. The number of amides is 1. The van der Waals surface area contributed by atoms with E-state index in [-0.39, 0.29) is 11.0 Å². The maximum atomic E-state index is 12.8. The molecule has 26 heavy (non-hydrogen) atoms. The van der Waals surface area contributed by atoms with Crippen LogP contribution in [0.1, 0.15) is 44.6 Å². The van der Waals surface area contributed by atoms with E-state index in [2.05, 4.69) is 9.71 Å². The number of nitrogens with zero attached hydrogens (tertiary/aromatic N) is 1. The number of rotatable bonds is 6. The van der Waals surface area contributed by atoms with Gasteiger partial charge in [-0.25, -0.2) is 13.1 Å². The van der Waals surface area contributed by atoms with Crippen LogP contribution in [0, 0.1) is 6.92 Å². The summed E-state index contributed by atoms with van der Waals surface area (Å²) in [5, 5.41) is 0.717. The normalized spacial score (nSPS) is 16.7. The second-order valence-electron chi connectivity index (χ2n) is 6.75. The van der Waals surface area contributed by atoms with Gasteiger partial charge in [-0.3, -0.25) is 9.78 Å². The minimum absolute atomic E-state index is 0.000862. The van der Waals surface area contributed by atoms with Gasteiger partial charge in [-0.1, -0.05) is 31.9 Å². The van der Waals surface area contributed by atoms with Gasteiger partial charge < -0.3 is 4.74 Å². The zero-order valence-electron chi connectivity index (χ0n) is 15.1. The second kappa shape index (κ2) is 7.72. The summed E-state index contributed by atoms with van der Waals surface area (Å²) in [7, 11) is -4.03. The van der Waals surface area contributed by atoms with Crippen LogP contribution in [0.4, 0.5) is 0 Å². The molecule has 1 aliphatic carbocycles. The molecular formula is C19H24N2O4S. The number of pyridine rings is 1. The molecule has 0 unspecified atom stereocenters. The monoisotopic (exact) mass is 376 g/mol. The van der Waals surface area contributed by atoms with Gasteiger partial charge in [0.25, 0.3) is 15.9 Å². The molecule has 1 aliphatic rings. The van der Waals surface area contributed by atoms with E-state index in [9.17, 15) is 13.2 Å². The van der Waals surface area contributed by atoms with Crippen molar-refractivity contribution in [2.24, 2.45) is 0 Å². The number of aromatic nitrogens is 1. The van der Waals surface area contributed by atoms with Crippen molar-refractivity contribution in [1.29, 1.82) is 0 Å². The summed E-state index contributed by atoms with van der Waals surface area (Å²) in [6, 6.07) is 6.77. The Hall–Kier alpha value is -1.99. The lowest BCUT2D eigenvalue weighted by Gasteiger charge is -2.20. The molecule has 1 atom stereocenters. The fourth-order valence-electron chi connectivity index (χ4n) is 3.31. The van der Waals surface area contributed by atoms with Gasteiger partial charge in [0.05, 0.1) is 11.6 Å². The van der Waals surface area contributed by atoms with Gasteiger partial charge in [-0.15, -0.1) is 0 Å². The van der Waals surface area contributed by atoms with Gasteiger partial charge >= 0.3 is 0 Å². The van der Waals surface area contributed by atoms with E-state index in [1.54, 1.807) is 18.3 Å². The minimum atomic E-state index is -4.03. The number of carbonyl (C=O) groups is 1. The third-order valence-electron chi connectivity index (χ3n) is 4.66. The molecule has 1 fully saturated rings. The highest BCUT2D eigenvalue weighted by molar-refractivity contribution is 7.90. The van der Waals surface area contributed by atoms with E-state index in [1.807, 2.05) is 19.9 Å². The van der Waals surface area contributed by atoms with E-state index in [0.29, 0.717) is 11.9 Å². The molecule has 3 rings (SSSR count). The minimum Gasteiger partial charge on any atom is -0.365 e. The highest BCUT2D eigenvalue weighted by Crippen LogP contribution is 2.24. The van der Waals surface area contributed by atoms with Gasteiger partial charge in [0.2, 0.25) is 0 Å². The summed E-state index contributed by atoms with van der Waals surface area (Å²) in [6.07, 6.45) is 5.32. The zero-order valence-corrected chi connectivity index (χ0v) is 15.9. The molecule has 1 aromatic carbocycles. The van der Waals surface area contributed by atoms with Crippen molar-refractivity contribution in [3.05, 3.63) is 36.0 Å². The van der Waals surface area contributed by atoms with Crippen LogP contribution in [-0.2, 0) is 19.6 Å². The molecule has 0 aliphatic heterocycles. The van der Waals surface area contributed by atoms with Crippen LogP contribution in [0.3, 0.4) is 0 Å². The molecule has 0 bridgehead atoms. The quantitative estimate of drug-likeness (QED) is 0.837. The Morgan fingerprint density at radius 1 is 1.35 bits per heavy atom. The van der Waals surface area contributed by atoms with Crippen LogP contribution in [0.2, 0.25) is 0 Å². The number of sulfonamides is 1. The summed E-state index contributed by atoms with van der Waals surface area (Å²) < 4.78 is 33.5. The van der Waals surface area contributed by atoms with E-state index in [1.165, 1.54) is 6.07 Å². The maximum Gasteiger partial charge on any atom is 0.266 e. The number of hydrogen-bond acceptors (Lipinski definition) is 5. The smallest absolute Gasteiger partial charge is 0.266 e. The summed E-state index contributed by atoms with van der Waals surface area (Å²) in [6.45, 7) is 3.70. The Balaban J connectivity index is 1.82. The lowest BCUT2D eigenvalue weighted by Crippen LogP contribution is -2.41. The first kappa shape index (κ1) is 18.8. The third kappa shape index (κ3) is 4.04. The molecule has 0 saturated heterocycles. The highest BCUT2D eigenvalue weighted by atomic mass is 32.2. The summed E-state index contributed by atoms with van der Waals surface area (Å²) in [4.78, 5) is 16.7. The highest BCUT2D eigenvalue weighted by Gasteiger charge is 2.28. The van der Waals surface area contributed by atoms with Crippen molar-refractivity contribution in [3.8, 4) is 0 Å². The zero-order chi connectivity index (χ0) is 18.7. The number of hydrogen-bond donors (Lipinski definition) is 1. The molecule has 0 spiro atoms. The van der Waals surface area contributed by atoms with Crippen molar-refractivity contribution < 1.29 is 17.9 Å². The summed E-state index contributed by atoms with van der Waals surface area (Å²) >= 11 is 0. The number of aryl methyl sites for hydroxylation is 1. The molecule has 140 valence electrons. The standard InChI is InChI=1S/C19H24N2O4S/c1-3-16(25-15-8-4-5-9-15)19(22)21-26(23,24)17-10-6-7-14-11-13(2)12-20-18(14)17/h6-7,10-12,15-16H,3-5,8-9H2,1-2H3,(H,21,22)/t16-/m1/s1. The first-order valence-electron chi connectivity index (χ1n) is 8.98. The molecular weight excluding hydrogens is 352 g/mol. The third-order valence-corrected chi connectivity index (χ3v) is 6.04. The number of ether oxygens (including phenoxy) is 1. The molecule has 1 heterocycles. The van der Waals surface area contributed by atoms with Crippen molar-refractivity contribution in [2.75, 3.05) is 0 Å². The fraction of sp³-hybridized carbons (Fsp3) is 0.474. The predicted octanol–water partition coefficient (Wildman–Crippen LogP) is 3.09. The van der Waals surface area contributed by atoms with Gasteiger partial charge in [-0.2, -0.15) is 0 Å². The van der Waals surface area contributed by atoms with Crippen molar-refractivity contribution in [3.63, 3.8) is 0 Å². The van der Waals surface area contributed by atoms with Crippen LogP contribution >= 0.6 is 0 Å². The first-order valence-corrected chi connectivity index (χ1v) is 10.5. The van der Waals surface area contributed by atoms with Crippen molar-refractivity contribution >= 4 is 26.8 Å². The molecule has 1 N–H and O–H groups in total. The Labute approximate surface area is 154 Å². The fourth-order valence-corrected chi connectivity index (χ4v) is 4.50. The molecule has 1 amide bonds. The van der Waals surface area contributed by atoms with E-state index < -0.39 is 22.0 Å². The van der Waals surface area contributed by atoms with Crippen LogP contribution in [0.25, 0.3) is 10.9 Å². The Bertz CT molecular complexity index is 905. The van der Waals surface area contributed by atoms with Crippen LogP contribution < -0.4 is 4.72 Å². The SMILES string of the molecule is CC[C@@H](OC1CCCC1)C(=O)NS(=O)(=O)c1cccc2cc(C)cnc12. The summed E-state index contributed by atoms with van der Waals surface area (Å²) in [5.41, 5.74) is 1.29. The molecule has 2 aromatic rings. The molecule has 7 heteroatoms. The number of nitrogens with one attached hydrogen (secondary N) is 1.